The molecule has 0 aliphatic heterocycles. The van der Waals surface area contributed by atoms with Crippen molar-refractivity contribution in [3.05, 3.63) is 51.7 Å². The maximum Gasteiger partial charge on any atom is 0.119 e. The highest BCUT2D eigenvalue weighted by atomic mass is 32.1. The molecule has 1 unspecified atom stereocenters. The number of ether oxygens (including phenoxy) is 1. The van der Waals surface area contributed by atoms with E-state index in [0.717, 1.165) is 24.2 Å². The molecule has 0 aliphatic rings. The van der Waals surface area contributed by atoms with Crippen LogP contribution in [0.4, 0.5) is 0 Å². The molecule has 2 rings (SSSR count). The molecule has 2 aromatic rings. The second kappa shape index (κ2) is 6.73. The summed E-state index contributed by atoms with van der Waals surface area (Å²) in [5, 5.41) is 10.2. The summed E-state index contributed by atoms with van der Waals surface area (Å²) in [7, 11) is 1.66. The minimum Gasteiger partial charge on any atom is -0.497 e. The molecular weight excluding hydrogens is 256 g/mol. The zero-order valence-corrected chi connectivity index (χ0v) is 12.2. The van der Waals surface area contributed by atoms with E-state index in [1.807, 2.05) is 24.3 Å². The standard InChI is InChI=1S/C16H20O2S/c1-3-15-7-8-16(19-15)11-13(17)9-12-5-4-6-14(10-12)18-2/h4-8,10,13,17H,3,9,11H2,1-2H3. The highest BCUT2D eigenvalue weighted by molar-refractivity contribution is 7.11. The van der Waals surface area contributed by atoms with Crippen molar-refractivity contribution >= 4 is 11.3 Å². The molecule has 102 valence electrons. The molecule has 19 heavy (non-hydrogen) atoms. The first-order valence-electron chi connectivity index (χ1n) is 6.60. The molecule has 1 aromatic carbocycles. The van der Waals surface area contributed by atoms with E-state index < -0.39 is 0 Å². The third-order valence-electron chi connectivity index (χ3n) is 3.11. The monoisotopic (exact) mass is 276 g/mol. The fraction of sp³-hybridized carbons (Fsp3) is 0.375. The first-order valence-corrected chi connectivity index (χ1v) is 7.41. The molecule has 0 bridgehead atoms. The molecule has 0 saturated heterocycles. The Morgan fingerprint density at radius 3 is 2.63 bits per heavy atom. The van der Waals surface area contributed by atoms with Gasteiger partial charge in [-0.3, -0.25) is 0 Å². The van der Waals surface area contributed by atoms with Crippen molar-refractivity contribution in [3.63, 3.8) is 0 Å². The van der Waals surface area contributed by atoms with Gasteiger partial charge in [0.15, 0.2) is 0 Å². The van der Waals surface area contributed by atoms with Crippen LogP contribution in [-0.2, 0) is 19.3 Å². The fourth-order valence-corrected chi connectivity index (χ4v) is 3.13. The summed E-state index contributed by atoms with van der Waals surface area (Å²) in [6.07, 6.45) is 2.12. The maximum absolute atomic E-state index is 10.2. The number of benzene rings is 1. The highest BCUT2D eigenvalue weighted by Gasteiger charge is 2.09. The van der Waals surface area contributed by atoms with Crippen LogP contribution in [0.15, 0.2) is 36.4 Å². The third kappa shape index (κ3) is 4.08. The highest BCUT2D eigenvalue weighted by Crippen LogP contribution is 2.20. The quantitative estimate of drug-likeness (QED) is 0.875. The number of methoxy groups -OCH3 is 1. The Kier molecular flexibility index (Phi) is 5.00. The summed E-state index contributed by atoms with van der Waals surface area (Å²) < 4.78 is 5.19. The molecule has 0 amide bonds. The smallest absolute Gasteiger partial charge is 0.119 e. The van der Waals surface area contributed by atoms with Gasteiger partial charge in [-0.1, -0.05) is 19.1 Å². The minimum atomic E-state index is -0.338. The van der Waals surface area contributed by atoms with Crippen LogP contribution in [0.1, 0.15) is 22.2 Å². The number of hydrogen-bond donors (Lipinski definition) is 1. The molecule has 0 saturated carbocycles. The van der Waals surface area contributed by atoms with Crippen molar-refractivity contribution in [2.75, 3.05) is 7.11 Å². The van der Waals surface area contributed by atoms with Crippen molar-refractivity contribution in [3.8, 4) is 5.75 Å². The van der Waals surface area contributed by atoms with Crippen LogP contribution in [-0.4, -0.2) is 18.3 Å². The first kappa shape index (κ1) is 14.1. The second-order valence-electron chi connectivity index (χ2n) is 4.64. The van der Waals surface area contributed by atoms with Crippen molar-refractivity contribution in [1.82, 2.24) is 0 Å². The Hall–Kier alpha value is -1.32. The summed E-state index contributed by atoms with van der Waals surface area (Å²) in [6, 6.07) is 12.2. The number of thiophene rings is 1. The molecule has 2 nitrogen and oxygen atoms in total. The lowest BCUT2D eigenvalue weighted by Crippen LogP contribution is -2.13. The van der Waals surface area contributed by atoms with Crippen LogP contribution in [0.5, 0.6) is 5.75 Å². The van der Waals surface area contributed by atoms with Gasteiger partial charge in [0.1, 0.15) is 5.75 Å². The van der Waals surface area contributed by atoms with Gasteiger partial charge in [0.25, 0.3) is 0 Å². The van der Waals surface area contributed by atoms with Crippen LogP contribution in [0.2, 0.25) is 0 Å². The molecule has 3 heteroatoms. The zero-order chi connectivity index (χ0) is 13.7. The molecule has 0 fully saturated rings. The Labute approximate surface area is 118 Å². The molecule has 1 aromatic heterocycles. The first-order chi connectivity index (χ1) is 9.21. The average molecular weight is 276 g/mol. The fourth-order valence-electron chi connectivity index (χ4n) is 2.10. The van der Waals surface area contributed by atoms with Gasteiger partial charge in [-0.25, -0.2) is 0 Å². The van der Waals surface area contributed by atoms with E-state index in [-0.39, 0.29) is 6.10 Å². The third-order valence-corrected chi connectivity index (χ3v) is 4.36. The van der Waals surface area contributed by atoms with Gasteiger partial charge in [0.05, 0.1) is 13.2 Å². The largest absolute Gasteiger partial charge is 0.497 e. The Balaban J connectivity index is 1.94. The van der Waals surface area contributed by atoms with Gasteiger partial charge < -0.3 is 9.84 Å². The van der Waals surface area contributed by atoms with Crippen LogP contribution >= 0.6 is 11.3 Å². The van der Waals surface area contributed by atoms with Gasteiger partial charge in [0, 0.05) is 16.2 Å². The van der Waals surface area contributed by atoms with E-state index in [4.69, 9.17) is 4.74 Å². The lowest BCUT2D eigenvalue weighted by atomic mass is 10.0. The molecular formula is C16H20O2S. The minimum absolute atomic E-state index is 0.338. The summed E-state index contributed by atoms with van der Waals surface area (Å²) in [6.45, 7) is 2.16. The lowest BCUT2D eigenvalue weighted by molar-refractivity contribution is 0.176. The normalized spacial score (nSPS) is 12.4. The number of hydrogen-bond acceptors (Lipinski definition) is 3. The predicted molar refractivity (Wildman–Crippen MR) is 80.1 cm³/mol. The van der Waals surface area contributed by atoms with Crippen molar-refractivity contribution in [2.45, 2.75) is 32.3 Å². The summed E-state index contributed by atoms with van der Waals surface area (Å²) in [4.78, 5) is 2.64. The SMILES string of the molecule is CCc1ccc(CC(O)Cc2cccc(OC)c2)s1. The van der Waals surface area contributed by atoms with Crippen LogP contribution in [0.3, 0.4) is 0 Å². The van der Waals surface area contributed by atoms with E-state index in [0.29, 0.717) is 6.42 Å². The average Bonchev–Trinajstić information content (AvgIpc) is 2.86. The predicted octanol–water partition coefficient (Wildman–Crippen LogP) is 3.47. The number of aliphatic hydroxyl groups excluding tert-OH is 1. The second-order valence-corrected chi connectivity index (χ2v) is 5.89. The van der Waals surface area contributed by atoms with E-state index in [1.165, 1.54) is 9.75 Å². The van der Waals surface area contributed by atoms with Crippen molar-refractivity contribution < 1.29 is 9.84 Å². The van der Waals surface area contributed by atoms with E-state index in [2.05, 4.69) is 19.1 Å². The lowest BCUT2D eigenvalue weighted by Gasteiger charge is -2.10. The maximum atomic E-state index is 10.2. The molecule has 1 atom stereocenters. The molecule has 0 radical (unpaired) electrons. The van der Waals surface area contributed by atoms with E-state index in [9.17, 15) is 5.11 Å². The van der Waals surface area contributed by atoms with Crippen LogP contribution in [0, 0.1) is 0 Å². The molecule has 1 heterocycles. The zero-order valence-electron chi connectivity index (χ0n) is 11.4. The number of aryl methyl sites for hydroxylation is 1. The Bertz CT molecular complexity index is 519. The number of aliphatic hydroxyl groups is 1. The molecule has 1 N–H and O–H groups in total. The summed E-state index contributed by atoms with van der Waals surface area (Å²) in [5.41, 5.74) is 1.11. The Morgan fingerprint density at radius 2 is 1.95 bits per heavy atom. The van der Waals surface area contributed by atoms with Gasteiger partial charge in [0.2, 0.25) is 0 Å². The molecule has 0 aliphatic carbocycles. The topological polar surface area (TPSA) is 29.5 Å². The molecule has 0 spiro atoms. The number of rotatable bonds is 6. The van der Waals surface area contributed by atoms with Crippen LogP contribution < -0.4 is 4.74 Å². The van der Waals surface area contributed by atoms with Crippen molar-refractivity contribution in [1.29, 1.82) is 0 Å². The summed E-state index contributed by atoms with van der Waals surface area (Å²) in [5.74, 6) is 0.842. The van der Waals surface area contributed by atoms with Crippen LogP contribution in [0.25, 0.3) is 0 Å². The summed E-state index contributed by atoms with van der Waals surface area (Å²) >= 11 is 1.79. The van der Waals surface area contributed by atoms with E-state index in [1.54, 1.807) is 18.4 Å². The van der Waals surface area contributed by atoms with Gasteiger partial charge in [-0.2, -0.15) is 0 Å². The Morgan fingerprint density at radius 1 is 1.16 bits per heavy atom. The van der Waals surface area contributed by atoms with Gasteiger partial charge in [-0.15, -0.1) is 11.3 Å². The van der Waals surface area contributed by atoms with E-state index >= 15 is 0 Å². The van der Waals surface area contributed by atoms with Crippen molar-refractivity contribution in [2.24, 2.45) is 0 Å². The van der Waals surface area contributed by atoms with Gasteiger partial charge >= 0.3 is 0 Å². The van der Waals surface area contributed by atoms with Gasteiger partial charge in [-0.05, 0) is 42.7 Å².